The largest absolute Gasteiger partial charge is 0.376 e. The molecule has 0 saturated carbocycles. The molecule has 1 fully saturated rings. The van der Waals surface area contributed by atoms with Crippen molar-refractivity contribution in [2.45, 2.75) is 45.3 Å². The highest BCUT2D eigenvalue weighted by molar-refractivity contribution is 7.15. The van der Waals surface area contributed by atoms with Crippen LogP contribution in [0.4, 0.5) is 0 Å². The van der Waals surface area contributed by atoms with E-state index >= 15 is 0 Å². The summed E-state index contributed by atoms with van der Waals surface area (Å²) in [6, 6.07) is 14.5. The van der Waals surface area contributed by atoms with Gasteiger partial charge in [-0.25, -0.2) is 0 Å². The fraction of sp³-hybridized carbons (Fsp3) is 0.455. The van der Waals surface area contributed by atoms with Crippen molar-refractivity contribution in [3.05, 3.63) is 58.7 Å². The Morgan fingerprint density at radius 2 is 1.82 bits per heavy atom. The predicted octanol–water partition coefficient (Wildman–Crippen LogP) is 4.93. The zero-order valence-corrected chi connectivity index (χ0v) is 17.0. The van der Waals surface area contributed by atoms with Crippen LogP contribution >= 0.6 is 11.3 Å². The molecule has 1 saturated heterocycles. The van der Waals surface area contributed by atoms with Gasteiger partial charge in [0.2, 0.25) is 0 Å². The Balaban J connectivity index is 1.26. The van der Waals surface area contributed by atoms with Gasteiger partial charge in [0.25, 0.3) is 5.89 Å². The highest BCUT2D eigenvalue weighted by Crippen LogP contribution is 2.28. The first kappa shape index (κ1) is 19.3. The smallest absolute Gasteiger partial charge is 0.267 e. The topological polar surface area (TPSA) is 51.4 Å². The summed E-state index contributed by atoms with van der Waals surface area (Å²) < 4.78 is 11.2. The molecule has 3 heterocycles. The van der Waals surface area contributed by atoms with Gasteiger partial charge in [-0.2, -0.15) is 4.98 Å². The van der Waals surface area contributed by atoms with Gasteiger partial charge in [0.1, 0.15) is 0 Å². The number of ether oxygens (including phenoxy) is 1. The average Bonchev–Trinajstić information content (AvgIpc) is 3.30. The van der Waals surface area contributed by atoms with Crippen molar-refractivity contribution in [3.8, 4) is 10.8 Å². The van der Waals surface area contributed by atoms with Crippen LogP contribution in [0.5, 0.6) is 0 Å². The summed E-state index contributed by atoms with van der Waals surface area (Å²) in [5.74, 6) is 1.32. The van der Waals surface area contributed by atoms with Crippen molar-refractivity contribution in [1.29, 1.82) is 0 Å². The maximum atomic E-state index is 5.71. The molecule has 28 heavy (non-hydrogen) atoms. The summed E-state index contributed by atoms with van der Waals surface area (Å²) >= 11 is 1.76. The second-order valence-corrected chi connectivity index (χ2v) is 8.43. The van der Waals surface area contributed by atoms with E-state index in [-0.39, 0.29) is 0 Å². The number of thiophene rings is 1. The van der Waals surface area contributed by atoms with Crippen LogP contribution in [-0.2, 0) is 24.3 Å². The van der Waals surface area contributed by atoms with E-state index in [9.17, 15) is 0 Å². The molecule has 2 aromatic heterocycles. The first-order chi connectivity index (χ1) is 13.9. The summed E-state index contributed by atoms with van der Waals surface area (Å²) in [5.41, 5.74) is 1.17. The van der Waals surface area contributed by atoms with E-state index in [1.807, 2.05) is 18.2 Å². The van der Waals surface area contributed by atoms with E-state index < -0.39 is 0 Å². The lowest BCUT2D eigenvalue weighted by Crippen LogP contribution is -2.23. The molecule has 148 valence electrons. The lowest BCUT2D eigenvalue weighted by Gasteiger charge is -2.18. The lowest BCUT2D eigenvalue weighted by molar-refractivity contribution is 0.122. The van der Waals surface area contributed by atoms with Crippen LogP contribution in [0, 0.1) is 0 Å². The summed E-state index contributed by atoms with van der Waals surface area (Å²) in [6.45, 7) is 4.63. The van der Waals surface area contributed by atoms with Crippen molar-refractivity contribution in [3.63, 3.8) is 0 Å². The van der Waals surface area contributed by atoms with Crippen molar-refractivity contribution < 1.29 is 9.26 Å². The van der Waals surface area contributed by atoms with E-state index in [1.165, 1.54) is 49.2 Å². The van der Waals surface area contributed by atoms with E-state index in [0.29, 0.717) is 31.3 Å². The second-order valence-electron chi connectivity index (χ2n) is 7.26. The van der Waals surface area contributed by atoms with E-state index in [1.54, 1.807) is 11.3 Å². The van der Waals surface area contributed by atoms with Crippen LogP contribution in [0.2, 0.25) is 0 Å². The molecule has 0 N–H and O–H groups in total. The van der Waals surface area contributed by atoms with Gasteiger partial charge in [-0.1, -0.05) is 48.3 Å². The third kappa shape index (κ3) is 5.50. The van der Waals surface area contributed by atoms with E-state index in [0.717, 1.165) is 11.4 Å². The molecule has 1 aromatic carbocycles. The summed E-state index contributed by atoms with van der Waals surface area (Å²) in [6.07, 6.45) is 6.02. The molecule has 0 unspecified atom stereocenters. The minimum atomic E-state index is 0.582. The first-order valence-electron chi connectivity index (χ1n) is 10.1. The average molecular weight is 398 g/mol. The Kier molecular flexibility index (Phi) is 6.87. The molecule has 0 spiro atoms. The maximum Gasteiger partial charge on any atom is 0.267 e. The first-order valence-corrected chi connectivity index (χ1v) is 10.9. The Hall–Kier alpha value is -2.02. The number of aromatic nitrogens is 2. The van der Waals surface area contributed by atoms with Crippen LogP contribution in [0.15, 0.2) is 47.0 Å². The maximum absolute atomic E-state index is 5.71. The Bertz CT molecular complexity index is 838. The standard InChI is InChI=1S/C22H27N3O2S/c1-2-7-14-25(13-6-1)16-19-10-11-20(28-19)22-23-21(24-27-22)12-15-26-17-18-8-4-3-5-9-18/h3-5,8-11H,1-2,6-7,12-17H2. The fourth-order valence-corrected chi connectivity index (χ4v) is 4.45. The van der Waals surface area contributed by atoms with Crippen LogP contribution < -0.4 is 0 Å². The van der Waals surface area contributed by atoms with Crippen molar-refractivity contribution in [1.82, 2.24) is 15.0 Å². The summed E-state index contributed by atoms with van der Waals surface area (Å²) in [5, 5.41) is 4.10. The molecule has 1 aliphatic heterocycles. The Morgan fingerprint density at radius 3 is 2.64 bits per heavy atom. The van der Waals surface area contributed by atoms with Crippen molar-refractivity contribution in [2.24, 2.45) is 0 Å². The van der Waals surface area contributed by atoms with Gasteiger partial charge in [0.05, 0.1) is 18.1 Å². The van der Waals surface area contributed by atoms with Gasteiger partial charge >= 0.3 is 0 Å². The highest BCUT2D eigenvalue weighted by atomic mass is 32.1. The molecule has 0 aliphatic carbocycles. The van der Waals surface area contributed by atoms with Crippen LogP contribution in [0.3, 0.4) is 0 Å². The molecule has 0 amide bonds. The number of hydrogen-bond donors (Lipinski definition) is 0. The van der Waals surface area contributed by atoms with Gasteiger partial charge in [-0.15, -0.1) is 11.3 Å². The molecular formula is C22H27N3O2S. The molecular weight excluding hydrogens is 370 g/mol. The number of hydrogen-bond acceptors (Lipinski definition) is 6. The van der Waals surface area contributed by atoms with Crippen molar-refractivity contribution in [2.75, 3.05) is 19.7 Å². The number of nitrogens with zero attached hydrogens (tertiary/aromatic N) is 3. The highest BCUT2D eigenvalue weighted by Gasteiger charge is 2.14. The molecule has 6 heteroatoms. The van der Waals surface area contributed by atoms with Gasteiger partial charge in [-0.3, -0.25) is 4.90 Å². The number of likely N-dealkylation sites (tertiary alicyclic amines) is 1. The van der Waals surface area contributed by atoms with Crippen LogP contribution in [-0.4, -0.2) is 34.7 Å². The second kappa shape index (κ2) is 9.96. The minimum Gasteiger partial charge on any atom is -0.376 e. The van der Waals surface area contributed by atoms with Gasteiger partial charge < -0.3 is 9.26 Å². The third-order valence-electron chi connectivity index (χ3n) is 5.00. The number of rotatable bonds is 8. The number of benzene rings is 1. The summed E-state index contributed by atoms with van der Waals surface area (Å²) in [4.78, 5) is 9.51. The molecule has 0 radical (unpaired) electrons. The van der Waals surface area contributed by atoms with Crippen LogP contribution in [0.25, 0.3) is 10.8 Å². The molecule has 3 aromatic rings. The van der Waals surface area contributed by atoms with Crippen molar-refractivity contribution >= 4 is 11.3 Å². The SMILES string of the molecule is c1ccc(COCCc2noc(-c3ccc(CN4CCCCCC4)s3)n2)cc1. The monoisotopic (exact) mass is 397 g/mol. The zero-order valence-electron chi connectivity index (χ0n) is 16.2. The van der Waals surface area contributed by atoms with E-state index in [4.69, 9.17) is 9.26 Å². The molecule has 0 atom stereocenters. The lowest BCUT2D eigenvalue weighted by atomic mass is 10.2. The Morgan fingerprint density at radius 1 is 1.00 bits per heavy atom. The Labute approximate surface area is 170 Å². The molecule has 5 nitrogen and oxygen atoms in total. The summed E-state index contributed by atoms with van der Waals surface area (Å²) in [7, 11) is 0. The molecule has 0 bridgehead atoms. The zero-order chi connectivity index (χ0) is 19.0. The van der Waals surface area contributed by atoms with Gasteiger partial charge in [0.15, 0.2) is 5.82 Å². The van der Waals surface area contributed by atoms with Gasteiger partial charge in [0, 0.05) is 17.8 Å². The quantitative estimate of drug-likeness (QED) is 0.504. The normalized spacial score (nSPS) is 15.6. The van der Waals surface area contributed by atoms with E-state index in [2.05, 4.69) is 39.3 Å². The predicted molar refractivity (Wildman–Crippen MR) is 111 cm³/mol. The minimum absolute atomic E-state index is 0.582. The van der Waals surface area contributed by atoms with Gasteiger partial charge in [-0.05, 0) is 43.6 Å². The molecule has 1 aliphatic rings. The van der Waals surface area contributed by atoms with Crippen LogP contribution in [0.1, 0.15) is 41.9 Å². The molecule has 4 rings (SSSR count). The third-order valence-corrected chi connectivity index (χ3v) is 6.06. The fourth-order valence-electron chi connectivity index (χ4n) is 3.48.